The van der Waals surface area contributed by atoms with E-state index in [1.165, 1.54) is 23.5 Å². The number of carbonyl (C=O) groups excluding carboxylic acids is 1. The normalized spacial score (nSPS) is 14.9. The van der Waals surface area contributed by atoms with Crippen molar-refractivity contribution in [2.24, 2.45) is 4.99 Å². The topological polar surface area (TPSA) is 75.8 Å². The Balaban J connectivity index is 1.64. The number of benzene rings is 3. The van der Waals surface area contributed by atoms with Crippen molar-refractivity contribution in [1.29, 1.82) is 0 Å². The molecule has 0 aliphatic carbocycles. The summed E-state index contributed by atoms with van der Waals surface area (Å²) in [5, 5.41) is 12.4. The predicted octanol–water partition coefficient (Wildman–Crippen LogP) is 6.30. The summed E-state index contributed by atoms with van der Waals surface area (Å²) < 4.78 is 1.00. The molecule has 1 amide bonds. The molecule has 0 unspecified atom stereocenters. The van der Waals surface area contributed by atoms with Crippen LogP contribution in [0.25, 0.3) is 16.2 Å². The van der Waals surface area contributed by atoms with Crippen molar-refractivity contribution in [2.75, 3.05) is 4.90 Å². The number of nitro groups is 1. The molecule has 4 aromatic rings. The van der Waals surface area contributed by atoms with E-state index in [0.717, 1.165) is 10.1 Å². The summed E-state index contributed by atoms with van der Waals surface area (Å²) in [7, 11) is 0. The van der Waals surface area contributed by atoms with Crippen molar-refractivity contribution in [3.05, 3.63) is 110 Å². The lowest BCUT2D eigenvalue weighted by Crippen LogP contribution is -2.32. The van der Waals surface area contributed by atoms with Crippen LogP contribution in [-0.2, 0) is 4.79 Å². The maximum atomic E-state index is 13.4. The van der Waals surface area contributed by atoms with Gasteiger partial charge in [0.25, 0.3) is 11.6 Å². The number of aliphatic imine (C=N–C) groups is 1. The SMILES string of the molecule is O=C1/C(=C\c2ccc([N+](=O)[O-])cc2)N=C(c2sc3ccccc3c2Cl)N1c1ccccc1. The number of non-ortho nitro benzene ring substituents is 1. The summed E-state index contributed by atoms with van der Waals surface area (Å²) in [5.41, 5.74) is 1.53. The molecule has 0 atom stereocenters. The van der Waals surface area contributed by atoms with Crippen LogP contribution < -0.4 is 4.90 Å². The Kier molecular flexibility index (Phi) is 5.05. The number of hydrogen-bond donors (Lipinski definition) is 0. The van der Waals surface area contributed by atoms with E-state index in [0.29, 0.717) is 27.0 Å². The highest BCUT2D eigenvalue weighted by molar-refractivity contribution is 7.21. The fraction of sp³-hybridized carbons (Fsp3) is 0. The molecule has 0 saturated carbocycles. The van der Waals surface area contributed by atoms with Crippen LogP contribution in [0.3, 0.4) is 0 Å². The van der Waals surface area contributed by atoms with E-state index >= 15 is 0 Å². The van der Waals surface area contributed by atoms with Gasteiger partial charge in [0.1, 0.15) is 5.70 Å². The van der Waals surface area contributed by atoms with Crippen molar-refractivity contribution < 1.29 is 9.72 Å². The number of para-hydroxylation sites is 1. The number of fused-ring (bicyclic) bond motifs is 1. The number of nitrogens with zero attached hydrogens (tertiary/aromatic N) is 3. The molecule has 0 spiro atoms. The molecule has 2 heterocycles. The van der Waals surface area contributed by atoms with Gasteiger partial charge in [0, 0.05) is 22.2 Å². The van der Waals surface area contributed by atoms with Crippen LogP contribution in [0.15, 0.2) is 89.6 Å². The third kappa shape index (κ3) is 3.47. The molecule has 6 nitrogen and oxygen atoms in total. The molecule has 32 heavy (non-hydrogen) atoms. The molecule has 156 valence electrons. The van der Waals surface area contributed by atoms with Crippen molar-refractivity contribution in [1.82, 2.24) is 0 Å². The summed E-state index contributed by atoms with van der Waals surface area (Å²) in [5.74, 6) is 0.165. The number of nitro benzene ring substituents is 1. The number of thiophene rings is 1. The zero-order valence-corrected chi connectivity index (χ0v) is 18.0. The molecule has 0 saturated heterocycles. The van der Waals surface area contributed by atoms with Crippen LogP contribution in [-0.4, -0.2) is 16.7 Å². The van der Waals surface area contributed by atoms with E-state index < -0.39 is 4.92 Å². The lowest BCUT2D eigenvalue weighted by molar-refractivity contribution is -0.384. The second-order valence-corrected chi connectivity index (χ2v) is 8.46. The van der Waals surface area contributed by atoms with E-state index in [-0.39, 0.29) is 17.3 Å². The minimum atomic E-state index is -0.464. The van der Waals surface area contributed by atoms with E-state index in [9.17, 15) is 14.9 Å². The van der Waals surface area contributed by atoms with Crippen LogP contribution in [0.4, 0.5) is 11.4 Å². The third-order valence-corrected chi connectivity index (χ3v) is 6.69. The first-order valence-electron chi connectivity index (χ1n) is 9.64. The Morgan fingerprint density at radius 2 is 1.66 bits per heavy atom. The molecule has 5 rings (SSSR count). The summed E-state index contributed by atoms with van der Waals surface area (Å²) >= 11 is 8.18. The lowest BCUT2D eigenvalue weighted by atomic mass is 10.1. The Morgan fingerprint density at radius 3 is 2.34 bits per heavy atom. The molecule has 1 aliphatic rings. The fourth-order valence-electron chi connectivity index (χ4n) is 3.49. The molecule has 0 bridgehead atoms. The van der Waals surface area contributed by atoms with E-state index in [1.54, 1.807) is 23.1 Å². The molecule has 1 aromatic heterocycles. The van der Waals surface area contributed by atoms with Crippen molar-refractivity contribution in [2.45, 2.75) is 0 Å². The summed E-state index contributed by atoms with van der Waals surface area (Å²) in [4.78, 5) is 30.7. The monoisotopic (exact) mass is 459 g/mol. The zero-order valence-electron chi connectivity index (χ0n) is 16.4. The number of anilines is 1. The maximum absolute atomic E-state index is 13.4. The summed E-state index contributed by atoms with van der Waals surface area (Å²) in [6, 6.07) is 23.0. The van der Waals surface area contributed by atoms with Gasteiger partial charge in [-0.2, -0.15) is 0 Å². The van der Waals surface area contributed by atoms with Gasteiger partial charge >= 0.3 is 0 Å². The van der Waals surface area contributed by atoms with E-state index in [2.05, 4.69) is 4.99 Å². The summed E-state index contributed by atoms with van der Waals surface area (Å²) in [6.45, 7) is 0. The fourth-order valence-corrected chi connectivity index (χ4v) is 4.99. The highest BCUT2D eigenvalue weighted by Gasteiger charge is 2.34. The second-order valence-electron chi connectivity index (χ2n) is 7.03. The van der Waals surface area contributed by atoms with Gasteiger partial charge in [0.15, 0.2) is 5.84 Å². The van der Waals surface area contributed by atoms with Crippen molar-refractivity contribution >= 4 is 62.2 Å². The Morgan fingerprint density at radius 1 is 0.969 bits per heavy atom. The molecule has 0 radical (unpaired) electrons. The zero-order chi connectivity index (χ0) is 22.2. The van der Waals surface area contributed by atoms with Gasteiger partial charge in [0.2, 0.25) is 0 Å². The largest absolute Gasteiger partial charge is 0.282 e. The Bertz CT molecular complexity index is 1430. The lowest BCUT2D eigenvalue weighted by Gasteiger charge is -2.17. The van der Waals surface area contributed by atoms with Gasteiger partial charge in [-0.15, -0.1) is 11.3 Å². The van der Waals surface area contributed by atoms with E-state index in [4.69, 9.17) is 11.6 Å². The van der Waals surface area contributed by atoms with Crippen LogP contribution in [0, 0.1) is 10.1 Å². The van der Waals surface area contributed by atoms with Gasteiger partial charge in [-0.05, 0) is 42.0 Å². The van der Waals surface area contributed by atoms with Gasteiger partial charge in [0.05, 0.1) is 20.5 Å². The van der Waals surface area contributed by atoms with Crippen molar-refractivity contribution in [3.8, 4) is 0 Å². The number of hydrogen-bond acceptors (Lipinski definition) is 5. The molecule has 0 N–H and O–H groups in total. The van der Waals surface area contributed by atoms with E-state index in [1.807, 2.05) is 54.6 Å². The number of carbonyl (C=O) groups is 1. The van der Waals surface area contributed by atoms with Crippen LogP contribution in [0.5, 0.6) is 0 Å². The van der Waals surface area contributed by atoms with Gasteiger partial charge in [-0.3, -0.25) is 19.8 Å². The average Bonchev–Trinajstić information content (AvgIpc) is 3.31. The van der Waals surface area contributed by atoms with Crippen LogP contribution >= 0.6 is 22.9 Å². The number of amidine groups is 1. The van der Waals surface area contributed by atoms with Crippen LogP contribution in [0.1, 0.15) is 10.4 Å². The molecular weight excluding hydrogens is 446 g/mol. The number of amides is 1. The highest BCUT2D eigenvalue weighted by Crippen LogP contribution is 2.39. The summed E-state index contributed by atoms with van der Waals surface area (Å²) in [6.07, 6.45) is 1.62. The van der Waals surface area contributed by atoms with Gasteiger partial charge in [-0.1, -0.05) is 48.0 Å². The highest BCUT2D eigenvalue weighted by atomic mass is 35.5. The Hall–Kier alpha value is -3.81. The molecular formula is C24H14ClN3O3S. The predicted molar refractivity (Wildman–Crippen MR) is 128 cm³/mol. The Labute approximate surface area is 191 Å². The van der Waals surface area contributed by atoms with Gasteiger partial charge < -0.3 is 0 Å². The maximum Gasteiger partial charge on any atom is 0.282 e. The third-order valence-electron chi connectivity index (χ3n) is 5.02. The molecule has 1 aliphatic heterocycles. The van der Waals surface area contributed by atoms with Crippen LogP contribution in [0.2, 0.25) is 5.02 Å². The van der Waals surface area contributed by atoms with Gasteiger partial charge in [-0.25, -0.2) is 4.99 Å². The second kappa shape index (κ2) is 8.03. The minimum Gasteiger partial charge on any atom is -0.266 e. The molecule has 8 heteroatoms. The minimum absolute atomic E-state index is 0.0166. The number of rotatable bonds is 4. The first kappa shape index (κ1) is 20.1. The first-order chi connectivity index (χ1) is 15.5. The number of halogens is 1. The quantitative estimate of drug-likeness (QED) is 0.204. The smallest absolute Gasteiger partial charge is 0.266 e. The molecule has 0 fully saturated rings. The standard InChI is InChI=1S/C24H14ClN3O3S/c25-21-18-8-4-5-9-20(18)32-22(21)23-26-19(14-15-10-12-17(13-11-15)28(30)31)24(29)27(23)16-6-2-1-3-7-16/h1-14H/b19-14+. The van der Waals surface area contributed by atoms with Crippen molar-refractivity contribution in [3.63, 3.8) is 0 Å². The average molecular weight is 460 g/mol. The first-order valence-corrected chi connectivity index (χ1v) is 10.8. The molecule has 3 aromatic carbocycles.